The summed E-state index contributed by atoms with van der Waals surface area (Å²) in [6.07, 6.45) is -0.331. The minimum absolute atomic E-state index is 0.246. The molecule has 120 valence electrons. The molecule has 6 nitrogen and oxygen atoms in total. The predicted octanol–water partition coefficient (Wildman–Crippen LogP) is 3.60. The van der Waals surface area contributed by atoms with E-state index in [2.05, 4.69) is 10.6 Å². The Balaban J connectivity index is 2.29. The van der Waals surface area contributed by atoms with Gasteiger partial charge in [0.2, 0.25) is 0 Å². The van der Waals surface area contributed by atoms with Crippen molar-refractivity contribution in [2.24, 2.45) is 0 Å². The Morgan fingerprint density at radius 1 is 1.09 bits per heavy atom. The van der Waals surface area contributed by atoms with Crippen molar-refractivity contribution < 1.29 is 19.4 Å². The van der Waals surface area contributed by atoms with Crippen molar-refractivity contribution >= 4 is 23.4 Å². The molecule has 2 amide bonds. The van der Waals surface area contributed by atoms with Gasteiger partial charge in [-0.1, -0.05) is 25.1 Å². The highest BCUT2D eigenvalue weighted by Gasteiger charge is 2.15. The van der Waals surface area contributed by atoms with Crippen LogP contribution in [0.4, 0.5) is 16.2 Å². The number of carboxylic acid groups (broad SMARTS) is 1. The quantitative estimate of drug-likeness (QED) is 0.787. The van der Waals surface area contributed by atoms with Crippen molar-refractivity contribution in [1.82, 2.24) is 0 Å². The third kappa shape index (κ3) is 4.00. The summed E-state index contributed by atoms with van der Waals surface area (Å²) in [7, 11) is 1.45. The van der Waals surface area contributed by atoms with Gasteiger partial charge in [-0.3, -0.25) is 10.1 Å². The van der Waals surface area contributed by atoms with Gasteiger partial charge >= 0.3 is 6.09 Å². The van der Waals surface area contributed by atoms with Crippen molar-refractivity contribution in [1.29, 1.82) is 0 Å². The first kappa shape index (κ1) is 16.4. The zero-order valence-corrected chi connectivity index (χ0v) is 12.9. The molecule has 0 heterocycles. The number of rotatable bonds is 5. The molecular formula is C17H18N2O4. The second kappa shape index (κ2) is 7.31. The van der Waals surface area contributed by atoms with Gasteiger partial charge in [-0.15, -0.1) is 0 Å². The smallest absolute Gasteiger partial charge is 0.409 e. The van der Waals surface area contributed by atoms with Gasteiger partial charge < -0.3 is 15.2 Å². The molecule has 3 N–H and O–H groups in total. The molecule has 0 atom stereocenters. The predicted molar refractivity (Wildman–Crippen MR) is 88.4 cm³/mol. The third-order valence-corrected chi connectivity index (χ3v) is 3.35. The number of hydrogen-bond acceptors (Lipinski definition) is 3. The van der Waals surface area contributed by atoms with Crippen molar-refractivity contribution in [3.05, 3.63) is 53.6 Å². The van der Waals surface area contributed by atoms with Crippen LogP contribution in [0.1, 0.15) is 22.8 Å². The van der Waals surface area contributed by atoms with Crippen molar-refractivity contribution in [3.63, 3.8) is 0 Å². The summed E-state index contributed by atoms with van der Waals surface area (Å²) < 4.78 is 5.19. The number of amides is 2. The number of carbonyl (C=O) groups excluding carboxylic acids is 1. The fourth-order valence-electron chi connectivity index (χ4n) is 2.13. The van der Waals surface area contributed by atoms with E-state index in [0.717, 1.165) is 12.0 Å². The monoisotopic (exact) mass is 314 g/mol. The first-order chi connectivity index (χ1) is 11.0. The molecule has 0 aromatic heterocycles. The zero-order chi connectivity index (χ0) is 16.8. The highest BCUT2D eigenvalue weighted by molar-refractivity contribution is 6.08. The van der Waals surface area contributed by atoms with Crippen LogP contribution in [0, 0.1) is 0 Å². The summed E-state index contributed by atoms with van der Waals surface area (Å²) in [5.41, 5.74) is 2.14. The molecule has 23 heavy (non-hydrogen) atoms. The Morgan fingerprint density at radius 2 is 1.78 bits per heavy atom. The van der Waals surface area contributed by atoms with Crippen LogP contribution in [0.3, 0.4) is 0 Å². The average Bonchev–Trinajstić information content (AvgIpc) is 2.55. The standard InChI is InChI=1S/C17H18N2O4/c1-3-11-7-9-12(10-8-11)16(20)19-15-13(18-17(21)22)5-4-6-14(15)23-2/h4-10,18H,3H2,1-2H3,(H,19,20)(H,21,22). The van der Waals surface area contributed by atoms with E-state index in [1.54, 1.807) is 30.3 Å². The SMILES string of the molecule is CCc1ccc(C(=O)Nc2c(NC(=O)O)cccc2OC)cc1. The first-order valence-corrected chi connectivity index (χ1v) is 7.12. The molecule has 0 saturated heterocycles. The minimum Gasteiger partial charge on any atom is -0.494 e. The van der Waals surface area contributed by atoms with E-state index in [-0.39, 0.29) is 17.3 Å². The van der Waals surface area contributed by atoms with Gasteiger partial charge in [-0.05, 0) is 36.2 Å². The number of methoxy groups -OCH3 is 1. The van der Waals surface area contributed by atoms with Crippen LogP contribution in [0.2, 0.25) is 0 Å². The van der Waals surface area contributed by atoms with Crippen LogP contribution in [0.25, 0.3) is 0 Å². The normalized spacial score (nSPS) is 10.0. The summed E-state index contributed by atoms with van der Waals surface area (Å²) in [6.45, 7) is 2.04. The molecule has 0 radical (unpaired) electrons. The Kier molecular flexibility index (Phi) is 5.19. The number of nitrogens with one attached hydrogen (secondary N) is 2. The van der Waals surface area contributed by atoms with E-state index in [0.29, 0.717) is 11.3 Å². The van der Waals surface area contributed by atoms with Gasteiger partial charge in [0, 0.05) is 5.56 Å². The lowest BCUT2D eigenvalue weighted by atomic mass is 10.1. The maximum atomic E-state index is 12.4. The number of anilines is 2. The molecule has 0 fully saturated rings. The maximum Gasteiger partial charge on any atom is 0.409 e. The van der Waals surface area contributed by atoms with Crippen LogP contribution >= 0.6 is 0 Å². The topological polar surface area (TPSA) is 87.7 Å². The van der Waals surface area contributed by atoms with Gasteiger partial charge in [0.1, 0.15) is 11.4 Å². The summed E-state index contributed by atoms with van der Waals surface area (Å²) in [4.78, 5) is 23.3. The second-order valence-electron chi connectivity index (χ2n) is 4.82. The Hall–Kier alpha value is -3.02. The van der Waals surface area contributed by atoms with Gasteiger partial charge in [-0.2, -0.15) is 0 Å². The first-order valence-electron chi connectivity index (χ1n) is 7.12. The fraction of sp³-hybridized carbons (Fsp3) is 0.176. The van der Waals surface area contributed by atoms with Crippen LogP contribution in [-0.2, 0) is 6.42 Å². The molecule has 0 aliphatic carbocycles. The van der Waals surface area contributed by atoms with E-state index in [1.165, 1.54) is 7.11 Å². The van der Waals surface area contributed by atoms with E-state index in [1.807, 2.05) is 19.1 Å². The second-order valence-corrected chi connectivity index (χ2v) is 4.82. The molecule has 0 saturated carbocycles. The van der Waals surface area contributed by atoms with Crippen LogP contribution < -0.4 is 15.4 Å². The Bertz CT molecular complexity index is 711. The van der Waals surface area contributed by atoms with E-state index in [4.69, 9.17) is 9.84 Å². The number of carbonyl (C=O) groups is 2. The van der Waals surface area contributed by atoms with Crippen LogP contribution in [0.5, 0.6) is 5.75 Å². The van der Waals surface area contributed by atoms with Crippen molar-refractivity contribution in [2.45, 2.75) is 13.3 Å². The number of hydrogen-bond donors (Lipinski definition) is 3. The Labute approximate surface area is 134 Å². The summed E-state index contributed by atoms with van der Waals surface area (Å²) >= 11 is 0. The largest absolute Gasteiger partial charge is 0.494 e. The lowest BCUT2D eigenvalue weighted by Gasteiger charge is -2.14. The molecule has 0 aliphatic heterocycles. The van der Waals surface area contributed by atoms with Crippen molar-refractivity contribution in [2.75, 3.05) is 17.7 Å². The van der Waals surface area contributed by atoms with E-state index in [9.17, 15) is 9.59 Å². The molecule has 2 aromatic rings. The molecule has 0 spiro atoms. The fourth-order valence-corrected chi connectivity index (χ4v) is 2.13. The van der Waals surface area contributed by atoms with Gasteiger partial charge in [0.15, 0.2) is 0 Å². The number of ether oxygens (including phenoxy) is 1. The molecule has 6 heteroatoms. The molecular weight excluding hydrogens is 296 g/mol. The van der Waals surface area contributed by atoms with Crippen molar-refractivity contribution in [3.8, 4) is 5.75 Å². The molecule has 2 rings (SSSR count). The average molecular weight is 314 g/mol. The summed E-state index contributed by atoms with van der Waals surface area (Å²) in [5.74, 6) is 0.0281. The molecule has 0 bridgehead atoms. The van der Waals surface area contributed by atoms with Crippen LogP contribution in [0.15, 0.2) is 42.5 Å². The van der Waals surface area contributed by atoms with Gasteiger partial charge in [-0.25, -0.2) is 4.79 Å². The maximum absolute atomic E-state index is 12.4. The van der Waals surface area contributed by atoms with E-state index >= 15 is 0 Å². The number of aryl methyl sites for hydroxylation is 1. The Morgan fingerprint density at radius 3 is 2.35 bits per heavy atom. The van der Waals surface area contributed by atoms with Crippen LogP contribution in [-0.4, -0.2) is 24.2 Å². The number of benzene rings is 2. The number of para-hydroxylation sites is 1. The van der Waals surface area contributed by atoms with Gasteiger partial charge in [0.25, 0.3) is 5.91 Å². The minimum atomic E-state index is -1.22. The lowest BCUT2D eigenvalue weighted by Crippen LogP contribution is -2.16. The van der Waals surface area contributed by atoms with Gasteiger partial charge in [0.05, 0.1) is 12.8 Å². The highest BCUT2D eigenvalue weighted by atomic mass is 16.5. The van der Waals surface area contributed by atoms with E-state index < -0.39 is 6.09 Å². The highest BCUT2D eigenvalue weighted by Crippen LogP contribution is 2.32. The third-order valence-electron chi connectivity index (χ3n) is 3.35. The lowest BCUT2D eigenvalue weighted by molar-refractivity contribution is 0.102. The zero-order valence-electron chi connectivity index (χ0n) is 12.9. The molecule has 0 aliphatic rings. The molecule has 0 unspecified atom stereocenters. The summed E-state index contributed by atoms with van der Waals surface area (Å²) in [5, 5.41) is 13.8. The molecule has 2 aromatic carbocycles. The summed E-state index contributed by atoms with van der Waals surface area (Å²) in [6, 6.07) is 12.0.